The molecule has 10 heteroatoms. The van der Waals surface area contributed by atoms with E-state index in [9.17, 15) is 21.6 Å². The van der Waals surface area contributed by atoms with Crippen molar-refractivity contribution >= 4 is 37.3 Å². The molecule has 0 atom stereocenters. The Hall–Kier alpha value is -2.43. The fourth-order valence-electron chi connectivity index (χ4n) is 3.37. The SMILES string of the molecule is Cc1cc(S(=O)(=O)N(C)C)cc(NC(=O)c2ccc3c(c2)CCN3S(C)(=O)=O)c1C. The number of aryl methyl sites for hydroxylation is 1. The molecule has 30 heavy (non-hydrogen) atoms. The summed E-state index contributed by atoms with van der Waals surface area (Å²) in [6.45, 7) is 3.94. The van der Waals surface area contributed by atoms with E-state index in [0.29, 0.717) is 29.9 Å². The molecule has 1 aliphatic rings. The van der Waals surface area contributed by atoms with Crippen molar-refractivity contribution in [1.82, 2.24) is 4.31 Å². The minimum Gasteiger partial charge on any atom is -0.322 e. The van der Waals surface area contributed by atoms with Crippen molar-refractivity contribution in [1.29, 1.82) is 0 Å². The molecule has 0 unspecified atom stereocenters. The Labute approximate surface area is 177 Å². The van der Waals surface area contributed by atoms with Gasteiger partial charge in [0.2, 0.25) is 20.0 Å². The van der Waals surface area contributed by atoms with Crippen LogP contribution in [-0.4, -0.2) is 53.9 Å². The molecule has 1 heterocycles. The van der Waals surface area contributed by atoms with Crippen molar-refractivity contribution in [2.75, 3.05) is 36.5 Å². The first kappa shape index (κ1) is 22.3. The van der Waals surface area contributed by atoms with Gasteiger partial charge in [-0.1, -0.05) is 0 Å². The average molecular weight is 452 g/mol. The standard InChI is InChI=1S/C20H25N3O5S2/c1-13-10-17(30(27,28)22(3)4)12-18(14(13)2)21-20(24)16-6-7-19-15(11-16)8-9-23(19)29(5,25)26/h6-7,10-12H,8-9H2,1-5H3,(H,21,24). The van der Waals surface area contributed by atoms with Gasteiger partial charge in [0.05, 0.1) is 16.8 Å². The zero-order chi connectivity index (χ0) is 22.4. The van der Waals surface area contributed by atoms with E-state index in [1.54, 1.807) is 31.2 Å². The number of hydrogen-bond donors (Lipinski definition) is 1. The van der Waals surface area contributed by atoms with E-state index in [-0.39, 0.29) is 4.90 Å². The van der Waals surface area contributed by atoms with Gasteiger partial charge >= 0.3 is 0 Å². The zero-order valence-electron chi connectivity index (χ0n) is 17.6. The summed E-state index contributed by atoms with van der Waals surface area (Å²) in [4.78, 5) is 12.9. The number of benzene rings is 2. The van der Waals surface area contributed by atoms with Crippen molar-refractivity contribution < 1.29 is 21.6 Å². The first-order chi connectivity index (χ1) is 13.8. The van der Waals surface area contributed by atoms with Crippen molar-refractivity contribution in [2.24, 2.45) is 0 Å². The van der Waals surface area contributed by atoms with E-state index in [2.05, 4.69) is 5.32 Å². The van der Waals surface area contributed by atoms with E-state index < -0.39 is 26.0 Å². The summed E-state index contributed by atoms with van der Waals surface area (Å²) in [5, 5.41) is 2.80. The van der Waals surface area contributed by atoms with Crippen LogP contribution in [0.4, 0.5) is 11.4 Å². The van der Waals surface area contributed by atoms with Crippen LogP contribution in [0.15, 0.2) is 35.2 Å². The molecule has 2 aromatic rings. The molecule has 0 saturated heterocycles. The maximum atomic E-state index is 12.8. The number of anilines is 2. The largest absolute Gasteiger partial charge is 0.322 e. The number of fused-ring (bicyclic) bond motifs is 1. The highest BCUT2D eigenvalue weighted by molar-refractivity contribution is 7.92. The average Bonchev–Trinajstić information content (AvgIpc) is 3.08. The lowest BCUT2D eigenvalue weighted by atomic mass is 10.1. The minimum absolute atomic E-state index is 0.101. The lowest BCUT2D eigenvalue weighted by Gasteiger charge is -2.17. The highest BCUT2D eigenvalue weighted by Gasteiger charge is 2.27. The van der Waals surface area contributed by atoms with Crippen LogP contribution in [0.2, 0.25) is 0 Å². The summed E-state index contributed by atoms with van der Waals surface area (Å²) in [5.74, 6) is -0.391. The molecule has 3 rings (SSSR count). The van der Waals surface area contributed by atoms with Crippen LogP contribution in [-0.2, 0) is 26.5 Å². The smallest absolute Gasteiger partial charge is 0.255 e. The van der Waals surface area contributed by atoms with Crippen LogP contribution >= 0.6 is 0 Å². The number of carbonyl (C=O) groups is 1. The minimum atomic E-state index is -3.65. The van der Waals surface area contributed by atoms with Crippen molar-refractivity contribution in [3.8, 4) is 0 Å². The van der Waals surface area contributed by atoms with Gasteiger partial charge in [0, 0.05) is 31.9 Å². The summed E-state index contributed by atoms with van der Waals surface area (Å²) in [7, 11) is -4.11. The van der Waals surface area contributed by atoms with Gasteiger partial charge in [-0.15, -0.1) is 0 Å². The Bertz CT molecular complexity index is 1240. The molecule has 0 saturated carbocycles. The predicted molar refractivity (Wildman–Crippen MR) is 117 cm³/mol. The molecule has 1 aliphatic heterocycles. The zero-order valence-corrected chi connectivity index (χ0v) is 19.2. The Morgan fingerprint density at radius 1 is 1.07 bits per heavy atom. The molecule has 1 N–H and O–H groups in total. The third kappa shape index (κ3) is 4.07. The number of carbonyl (C=O) groups excluding carboxylic acids is 1. The molecular formula is C20H25N3O5S2. The molecule has 0 spiro atoms. The van der Waals surface area contributed by atoms with Crippen molar-refractivity contribution in [3.63, 3.8) is 0 Å². The third-order valence-electron chi connectivity index (χ3n) is 5.26. The second-order valence-corrected chi connectivity index (χ2v) is 11.6. The molecule has 0 aromatic heterocycles. The van der Waals surface area contributed by atoms with Gasteiger partial charge in [0.15, 0.2) is 0 Å². The molecule has 0 radical (unpaired) electrons. The van der Waals surface area contributed by atoms with Crippen molar-refractivity contribution in [3.05, 3.63) is 52.6 Å². The van der Waals surface area contributed by atoms with Crippen LogP contribution < -0.4 is 9.62 Å². The first-order valence-corrected chi connectivity index (χ1v) is 12.6. The van der Waals surface area contributed by atoms with Crippen LogP contribution in [0, 0.1) is 13.8 Å². The van der Waals surface area contributed by atoms with Gasteiger partial charge in [-0.25, -0.2) is 21.1 Å². The maximum absolute atomic E-state index is 12.8. The summed E-state index contributed by atoms with van der Waals surface area (Å²) in [6, 6.07) is 7.91. The molecule has 0 bridgehead atoms. The molecule has 1 amide bonds. The number of sulfonamides is 2. The Morgan fingerprint density at radius 2 is 1.73 bits per heavy atom. The summed E-state index contributed by atoms with van der Waals surface area (Å²) in [6.07, 6.45) is 1.68. The molecule has 2 aromatic carbocycles. The third-order valence-corrected chi connectivity index (χ3v) is 8.24. The Morgan fingerprint density at radius 3 is 2.33 bits per heavy atom. The van der Waals surface area contributed by atoms with Crippen LogP contribution in [0.5, 0.6) is 0 Å². The highest BCUT2D eigenvalue weighted by atomic mass is 32.2. The van der Waals surface area contributed by atoms with Gasteiger partial charge < -0.3 is 5.32 Å². The van der Waals surface area contributed by atoms with E-state index in [1.165, 1.54) is 24.5 Å². The molecule has 8 nitrogen and oxygen atoms in total. The number of rotatable bonds is 5. The number of nitrogens with zero attached hydrogens (tertiary/aromatic N) is 2. The van der Waals surface area contributed by atoms with Gasteiger partial charge in [-0.2, -0.15) is 0 Å². The lowest BCUT2D eigenvalue weighted by molar-refractivity contribution is 0.102. The van der Waals surface area contributed by atoms with Crippen LogP contribution in [0.3, 0.4) is 0 Å². The molecule has 162 valence electrons. The van der Waals surface area contributed by atoms with Gasteiger partial charge in [-0.05, 0) is 67.3 Å². The molecule has 0 fully saturated rings. The maximum Gasteiger partial charge on any atom is 0.255 e. The lowest BCUT2D eigenvalue weighted by Crippen LogP contribution is -2.27. The van der Waals surface area contributed by atoms with E-state index in [1.807, 2.05) is 6.92 Å². The number of amides is 1. The summed E-state index contributed by atoms with van der Waals surface area (Å²) >= 11 is 0. The highest BCUT2D eigenvalue weighted by Crippen LogP contribution is 2.31. The second-order valence-electron chi connectivity index (χ2n) is 7.58. The molecule has 0 aliphatic carbocycles. The number of hydrogen-bond acceptors (Lipinski definition) is 5. The fourth-order valence-corrected chi connectivity index (χ4v) is 5.34. The van der Waals surface area contributed by atoms with E-state index in [0.717, 1.165) is 27.3 Å². The fraction of sp³-hybridized carbons (Fsp3) is 0.350. The normalized spacial score (nSPS) is 14.1. The Balaban J connectivity index is 1.93. The van der Waals surface area contributed by atoms with E-state index in [4.69, 9.17) is 0 Å². The monoisotopic (exact) mass is 451 g/mol. The van der Waals surface area contributed by atoms with E-state index >= 15 is 0 Å². The van der Waals surface area contributed by atoms with Crippen LogP contribution in [0.25, 0.3) is 0 Å². The quantitative estimate of drug-likeness (QED) is 0.750. The van der Waals surface area contributed by atoms with Crippen LogP contribution in [0.1, 0.15) is 27.0 Å². The number of nitrogens with one attached hydrogen (secondary N) is 1. The second kappa shape index (κ2) is 7.68. The van der Waals surface area contributed by atoms with Gasteiger partial charge in [0.1, 0.15) is 0 Å². The first-order valence-electron chi connectivity index (χ1n) is 9.28. The predicted octanol–water partition coefficient (Wildman–Crippen LogP) is 2.13. The van der Waals surface area contributed by atoms with Gasteiger partial charge in [0.25, 0.3) is 5.91 Å². The Kier molecular flexibility index (Phi) is 5.70. The topological polar surface area (TPSA) is 104 Å². The van der Waals surface area contributed by atoms with Gasteiger partial charge in [-0.3, -0.25) is 9.10 Å². The summed E-state index contributed by atoms with van der Waals surface area (Å²) < 4.78 is 51.2. The summed E-state index contributed by atoms with van der Waals surface area (Å²) in [5.41, 5.74) is 3.67. The molecular weight excluding hydrogens is 426 g/mol. The van der Waals surface area contributed by atoms with Crippen molar-refractivity contribution in [2.45, 2.75) is 25.2 Å².